The Morgan fingerprint density at radius 2 is 2.06 bits per heavy atom. The van der Waals surface area contributed by atoms with E-state index < -0.39 is 8.32 Å². The number of hydrogen-bond acceptors (Lipinski definition) is 3. The van der Waals surface area contributed by atoms with Gasteiger partial charge in [-0.25, -0.2) is 0 Å². The van der Waals surface area contributed by atoms with Crippen molar-refractivity contribution in [3.63, 3.8) is 0 Å². The number of halogens is 1. The molecule has 0 N–H and O–H groups in total. The van der Waals surface area contributed by atoms with Gasteiger partial charge in [-0.15, -0.1) is 0 Å². The summed E-state index contributed by atoms with van der Waals surface area (Å²) in [6.07, 6.45) is 0.783. The van der Waals surface area contributed by atoms with E-state index in [9.17, 15) is 0 Å². The van der Waals surface area contributed by atoms with Crippen molar-refractivity contribution in [2.45, 2.75) is 45.3 Å². The van der Waals surface area contributed by atoms with Gasteiger partial charge in [-0.1, -0.05) is 25.9 Å². The molecule has 3 nitrogen and oxygen atoms in total. The van der Waals surface area contributed by atoms with Crippen molar-refractivity contribution in [1.29, 1.82) is 0 Å². The highest BCUT2D eigenvalue weighted by atomic mass is 79.9. The van der Waals surface area contributed by atoms with E-state index in [1.54, 1.807) is 0 Å². The lowest BCUT2D eigenvalue weighted by molar-refractivity contribution is 0.273. The van der Waals surface area contributed by atoms with E-state index in [2.05, 4.69) is 55.0 Å². The molecule has 0 radical (unpaired) electrons. The van der Waals surface area contributed by atoms with Gasteiger partial charge in [0.15, 0.2) is 8.32 Å². The molecular formula is C11H20BrNO2Si. The third-order valence-corrected chi connectivity index (χ3v) is 8.06. The maximum Gasteiger partial charge on any atom is 0.191 e. The minimum absolute atomic E-state index is 0.259. The van der Waals surface area contributed by atoms with E-state index in [0.29, 0.717) is 6.61 Å². The van der Waals surface area contributed by atoms with Gasteiger partial charge in [0.25, 0.3) is 0 Å². The molecule has 1 aromatic rings. The minimum Gasteiger partial charge on any atom is -0.416 e. The van der Waals surface area contributed by atoms with Crippen LogP contribution in [-0.4, -0.2) is 20.1 Å². The largest absolute Gasteiger partial charge is 0.416 e. The van der Waals surface area contributed by atoms with Crippen LogP contribution >= 0.6 is 15.9 Å². The molecule has 0 aromatic carbocycles. The van der Waals surface area contributed by atoms with Gasteiger partial charge in [-0.3, -0.25) is 0 Å². The van der Waals surface area contributed by atoms with E-state index in [-0.39, 0.29) is 5.04 Å². The number of rotatable bonds is 4. The smallest absolute Gasteiger partial charge is 0.191 e. The zero-order valence-corrected chi connectivity index (χ0v) is 13.2. The molecule has 0 fully saturated rings. The van der Waals surface area contributed by atoms with Gasteiger partial charge in [0, 0.05) is 19.1 Å². The van der Waals surface area contributed by atoms with E-state index >= 15 is 0 Å². The minimum atomic E-state index is -1.63. The van der Waals surface area contributed by atoms with Gasteiger partial charge in [0.05, 0.1) is 0 Å². The van der Waals surface area contributed by atoms with Crippen molar-refractivity contribution in [2.24, 2.45) is 0 Å². The summed E-state index contributed by atoms with van der Waals surface area (Å²) in [7, 11) is -1.63. The van der Waals surface area contributed by atoms with Crippen LogP contribution in [0.25, 0.3) is 0 Å². The van der Waals surface area contributed by atoms with Crippen molar-refractivity contribution in [3.05, 3.63) is 16.4 Å². The molecule has 0 saturated carbocycles. The van der Waals surface area contributed by atoms with Crippen molar-refractivity contribution in [2.75, 3.05) is 6.61 Å². The van der Waals surface area contributed by atoms with Gasteiger partial charge in [-0.05, 0) is 34.1 Å². The molecule has 0 atom stereocenters. The number of aromatic nitrogens is 1. The third-order valence-electron chi connectivity index (χ3n) is 3.15. The maximum absolute atomic E-state index is 6.04. The molecule has 0 spiro atoms. The molecule has 0 aliphatic heterocycles. The maximum atomic E-state index is 6.04. The second-order valence-electron chi connectivity index (χ2n) is 5.47. The molecule has 1 heterocycles. The Morgan fingerprint density at radius 3 is 2.50 bits per heavy atom. The summed E-state index contributed by atoms with van der Waals surface area (Å²) in [5.41, 5.74) is 0. The average Bonchev–Trinajstić information content (AvgIpc) is 2.49. The quantitative estimate of drug-likeness (QED) is 0.789. The number of nitrogens with zero attached hydrogens (tertiary/aromatic N) is 1. The van der Waals surface area contributed by atoms with Crippen LogP contribution in [0.5, 0.6) is 0 Å². The first kappa shape index (κ1) is 13.9. The first-order chi connectivity index (χ1) is 7.22. The second-order valence-corrected chi connectivity index (χ2v) is 11.1. The predicted molar refractivity (Wildman–Crippen MR) is 71.1 cm³/mol. The molecule has 92 valence electrons. The Balaban J connectivity index is 2.41. The Kier molecular flexibility index (Phi) is 4.37. The summed E-state index contributed by atoms with van der Waals surface area (Å²) < 4.78 is 11.9. The first-order valence-corrected chi connectivity index (χ1v) is 9.17. The molecule has 1 rings (SSSR count). The highest BCUT2D eigenvalue weighted by Crippen LogP contribution is 2.36. The van der Waals surface area contributed by atoms with Crippen LogP contribution in [-0.2, 0) is 10.8 Å². The number of hydrogen-bond donors (Lipinski definition) is 0. The molecular weight excluding hydrogens is 286 g/mol. The third kappa shape index (κ3) is 3.71. The van der Waals surface area contributed by atoms with E-state index in [4.69, 9.17) is 8.95 Å². The molecule has 0 bridgehead atoms. The van der Waals surface area contributed by atoms with Gasteiger partial charge in [0.2, 0.25) is 0 Å². The van der Waals surface area contributed by atoms with Crippen LogP contribution < -0.4 is 0 Å². The van der Waals surface area contributed by atoms with Gasteiger partial charge < -0.3 is 8.95 Å². The summed E-state index contributed by atoms with van der Waals surface area (Å²) in [6.45, 7) is 11.9. The lowest BCUT2D eigenvalue weighted by Crippen LogP contribution is -2.41. The van der Waals surface area contributed by atoms with Crippen molar-refractivity contribution in [1.82, 2.24) is 5.16 Å². The topological polar surface area (TPSA) is 35.3 Å². The average molecular weight is 306 g/mol. The Hall–Kier alpha value is -0.133. The summed E-state index contributed by atoms with van der Waals surface area (Å²) >= 11 is 3.26. The van der Waals surface area contributed by atoms with Crippen LogP contribution in [0.15, 0.2) is 15.2 Å². The highest BCUT2D eigenvalue weighted by Gasteiger charge is 2.36. The normalized spacial score (nSPS) is 13.1. The van der Waals surface area contributed by atoms with Gasteiger partial charge in [0.1, 0.15) is 10.4 Å². The fourth-order valence-electron chi connectivity index (χ4n) is 1.03. The van der Waals surface area contributed by atoms with E-state index in [1.165, 1.54) is 0 Å². The summed E-state index contributed by atoms with van der Waals surface area (Å²) in [5, 5.41) is 4.04. The summed E-state index contributed by atoms with van der Waals surface area (Å²) in [4.78, 5) is 0. The Labute approximate surface area is 107 Å². The fourth-order valence-corrected chi connectivity index (χ4v) is 2.40. The van der Waals surface area contributed by atoms with E-state index in [0.717, 1.165) is 16.8 Å². The van der Waals surface area contributed by atoms with E-state index in [1.807, 2.05) is 6.07 Å². The standard InChI is InChI=1S/C11H20BrNO2Si/c1-11(2,3)16(4,5)14-7-6-9-8-10(12)13-15-9/h8H,6-7H2,1-5H3. The van der Waals surface area contributed by atoms with Crippen molar-refractivity contribution >= 4 is 24.2 Å². The fraction of sp³-hybridized carbons (Fsp3) is 0.727. The first-order valence-electron chi connectivity index (χ1n) is 5.47. The lowest BCUT2D eigenvalue weighted by Gasteiger charge is -2.36. The van der Waals surface area contributed by atoms with Gasteiger partial charge in [-0.2, -0.15) is 0 Å². The molecule has 5 heteroatoms. The zero-order valence-electron chi connectivity index (χ0n) is 10.6. The second kappa shape index (κ2) is 5.02. The monoisotopic (exact) mass is 305 g/mol. The highest BCUT2D eigenvalue weighted by molar-refractivity contribution is 9.10. The van der Waals surface area contributed by atoms with Crippen LogP contribution in [0.2, 0.25) is 18.1 Å². The zero-order chi connectivity index (χ0) is 12.4. The molecule has 0 unspecified atom stereocenters. The van der Waals surface area contributed by atoms with Crippen molar-refractivity contribution < 1.29 is 8.95 Å². The molecule has 0 amide bonds. The molecule has 1 aromatic heterocycles. The SMILES string of the molecule is CC(C)(C)[Si](C)(C)OCCc1cc(Br)no1. The summed E-state index contributed by atoms with van der Waals surface area (Å²) in [5.74, 6) is 0.866. The molecule has 0 saturated heterocycles. The Bertz CT molecular complexity index is 344. The Morgan fingerprint density at radius 1 is 1.44 bits per heavy atom. The van der Waals surface area contributed by atoms with Crippen molar-refractivity contribution in [3.8, 4) is 0 Å². The lowest BCUT2D eigenvalue weighted by atomic mass is 10.2. The van der Waals surface area contributed by atoms with Crippen LogP contribution in [0.4, 0.5) is 0 Å². The predicted octanol–water partition coefficient (Wildman–Crippen LogP) is 4.00. The summed E-state index contributed by atoms with van der Waals surface area (Å²) in [6, 6.07) is 1.88. The molecule has 0 aliphatic rings. The van der Waals surface area contributed by atoms with Crippen LogP contribution in [0.1, 0.15) is 26.5 Å². The van der Waals surface area contributed by atoms with Crippen LogP contribution in [0.3, 0.4) is 0 Å². The van der Waals surface area contributed by atoms with Gasteiger partial charge >= 0.3 is 0 Å². The van der Waals surface area contributed by atoms with Crippen LogP contribution in [0, 0.1) is 0 Å². The molecule has 0 aliphatic carbocycles. The molecule has 16 heavy (non-hydrogen) atoms.